The maximum absolute atomic E-state index is 11.3. The van der Waals surface area contributed by atoms with Gasteiger partial charge in [0.15, 0.2) is 0 Å². The first-order valence-electron chi connectivity index (χ1n) is 10.4. The van der Waals surface area contributed by atoms with Crippen molar-refractivity contribution >= 4 is 17.8 Å². The second kappa shape index (κ2) is 23.4. The molecule has 0 aromatic heterocycles. The van der Waals surface area contributed by atoms with Crippen LogP contribution in [-0.2, 0) is 14.4 Å². The lowest BCUT2D eigenvalue weighted by molar-refractivity contribution is -0.139. The van der Waals surface area contributed by atoms with Crippen LogP contribution in [0.1, 0.15) is 89.9 Å². The van der Waals surface area contributed by atoms with E-state index in [4.69, 9.17) is 20.4 Å². The highest BCUT2D eigenvalue weighted by atomic mass is 16.4. The molecule has 1 rings (SSSR count). The zero-order valence-corrected chi connectivity index (χ0v) is 17.0. The molecule has 1 heterocycles. The van der Waals surface area contributed by atoms with Crippen LogP contribution >= 0.6 is 0 Å². The summed E-state index contributed by atoms with van der Waals surface area (Å²) in [6.45, 7) is 0.638. The Morgan fingerprint density at radius 3 is 1.50 bits per heavy atom. The predicted molar refractivity (Wildman–Crippen MR) is 107 cm³/mol. The molecule has 28 heavy (non-hydrogen) atoms. The molecule has 1 saturated heterocycles. The third kappa shape index (κ3) is 29.1. The van der Waals surface area contributed by atoms with Crippen LogP contribution in [0.4, 0.5) is 0 Å². The van der Waals surface area contributed by atoms with Crippen molar-refractivity contribution in [2.45, 2.75) is 89.9 Å². The molecule has 5 N–H and O–H groups in total. The second-order valence-electron chi connectivity index (χ2n) is 6.72. The fraction of sp³-hybridized carbons (Fsp3) is 0.850. The molecule has 0 aromatic carbocycles. The minimum Gasteiger partial charge on any atom is -0.481 e. The molecule has 1 aliphatic heterocycles. The first kappa shape index (κ1) is 28.5. The molecule has 0 aromatic rings. The normalized spacial score (nSPS) is 15.7. The smallest absolute Gasteiger partial charge is 0.303 e. The fourth-order valence-electron chi connectivity index (χ4n) is 2.52. The number of carboxylic acid groups (broad SMARTS) is 2. The van der Waals surface area contributed by atoms with E-state index >= 15 is 0 Å². The molecule has 0 saturated carbocycles. The lowest BCUT2D eigenvalue weighted by Crippen LogP contribution is -2.23. The standard InChI is InChI=1S/C12H23NO.C6H10O4.C2H6O2/c14-12-10-8-6-4-2-1-3-5-7-9-11-13-12;7-5(8)3-1-2-4-6(9)10;3-1-2-4/h1-11H2,(H,13,14);1-4H2,(H,7,8)(H,9,10);3-4H,1-2H2. The van der Waals surface area contributed by atoms with Crippen LogP contribution in [0.15, 0.2) is 0 Å². The number of aliphatic carboxylic acids is 2. The summed E-state index contributed by atoms with van der Waals surface area (Å²) in [5, 5.41) is 34.5. The molecule has 1 amide bonds. The Hall–Kier alpha value is -1.67. The molecule has 8 nitrogen and oxygen atoms in total. The summed E-state index contributed by atoms with van der Waals surface area (Å²) in [4.78, 5) is 31.1. The van der Waals surface area contributed by atoms with Crippen molar-refractivity contribution in [1.82, 2.24) is 5.32 Å². The van der Waals surface area contributed by atoms with Crippen molar-refractivity contribution in [3.8, 4) is 0 Å². The SMILES string of the molecule is O=C(O)CCCCC(=O)O.O=C1CCCCCCCCCCCN1.OCCO. The molecule has 1 aliphatic rings. The Balaban J connectivity index is 0. The average Bonchev–Trinajstić information content (AvgIpc) is 2.68. The van der Waals surface area contributed by atoms with Gasteiger partial charge in [-0.1, -0.05) is 44.9 Å². The van der Waals surface area contributed by atoms with E-state index in [1.165, 1.54) is 44.9 Å². The second-order valence-corrected chi connectivity index (χ2v) is 6.72. The van der Waals surface area contributed by atoms with Gasteiger partial charge in [-0.25, -0.2) is 0 Å². The molecule has 0 spiro atoms. The molecule has 0 aliphatic carbocycles. The number of carbonyl (C=O) groups excluding carboxylic acids is 1. The molecule has 0 unspecified atom stereocenters. The van der Waals surface area contributed by atoms with Crippen LogP contribution in [0.2, 0.25) is 0 Å². The summed E-state index contributed by atoms with van der Waals surface area (Å²) in [5.74, 6) is -1.49. The van der Waals surface area contributed by atoms with Crippen LogP contribution in [0, 0.1) is 0 Å². The number of hydrogen-bond donors (Lipinski definition) is 5. The first-order chi connectivity index (χ1) is 13.4. The zero-order chi connectivity index (χ0) is 21.5. The van der Waals surface area contributed by atoms with Gasteiger partial charge in [-0.05, 0) is 25.7 Å². The van der Waals surface area contributed by atoms with Crippen LogP contribution in [-0.4, -0.2) is 58.0 Å². The highest BCUT2D eigenvalue weighted by molar-refractivity contribution is 5.75. The van der Waals surface area contributed by atoms with Gasteiger partial charge in [0, 0.05) is 25.8 Å². The number of rotatable bonds is 6. The Morgan fingerprint density at radius 2 is 1.11 bits per heavy atom. The van der Waals surface area contributed by atoms with Crippen molar-refractivity contribution in [2.24, 2.45) is 0 Å². The van der Waals surface area contributed by atoms with Crippen LogP contribution in [0.25, 0.3) is 0 Å². The van der Waals surface area contributed by atoms with E-state index in [1.54, 1.807) is 0 Å². The van der Waals surface area contributed by atoms with E-state index in [1.807, 2.05) is 0 Å². The van der Waals surface area contributed by atoms with Gasteiger partial charge in [-0.3, -0.25) is 14.4 Å². The Kier molecular flexibility index (Phi) is 23.8. The minimum atomic E-state index is -0.870. The minimum absolute atomic E-state index is 0.0628. The maximum Gasteiger partial charge on any atom is 0.303 e. The highest BCUT2D eigenvalue weighted by Crippen LogP contribution is 2.11. The van der Waals surface area contributed by atoms with Crippen molar-refractivity contribution < 1.29 is 34.8 Å². The van der Waals surface area contributed by atoms with Gasteiger partial charge in [0.05, 0.1) is 13.2 Å². The van der Waals surface area contributed by atoms with E-state index in [9.17, 15) is 14.4 Å². The van der Waals surface area contributed by atoms with Gasteiger partial charge >= 0.3 is 11.9 Å². The summed E-state index contributed by atoms with van der Waals surface area (Å²) in [6, 6.07) is 0. The van der Waals surface area contributed by atoms with Gasteiger partial charge in [0.25, 0.3) is 0 Å². The monoisotopic (exact) mass is 405 g/mol. The molecule has 166 valence electrons. The molecule has 0 bridgehead atoms. The molecular formula is C20H39NO7. The summed E-state index contributed by atoms with van der Waals surface area (Å²) in [5.41, 5.74) is 0. The highest BCUT2D eigenvalue weighted by Gasteiger charge is 2.01. The van der Waals surface area contributed by atoms with Crippen molar-refractivity contribution in [3.05, 3.63) is 0 Å². The Bertz CT molecular complexity index is 355. The summed E-state index contributed by atoms with van der Waals surface area (Å²) < 4.78 is 0. The average molecular weight is 406 g/mol. The van der Waals surface area contributed by atoms with Gasteiger partial charge in [-0.15, -0.1) is 0 Å². The number of unbranched alkanes of at least 4 members (excludes halogenated alkanes) is 1. The molecular weight excluding hydrogens is 366 g/mol. The van der Waals surface area contributed by atoms with E-state index < -0.39 is 11.9 Å². The zero-order valence-electron chi connectivity index (χ0n) is 17.0. The maximum atomic E-state index is 11.3. The van der Waals surface area contributed by atoms with Gasteiger partial charge in [-0.2, -0.15) is 0 Å². The number of carbonyl (C=O) groups is 3. The molecule has 0 radical (unpaired) electrons. The first-order valence-corrected chi connectivity index (χ1v) is 10.4. The van der Waals surface area contributed by atoms with Crippen LogP contribution < -0.4 is 5.32 Å². The largest absolute Gasteiger partial charge is 0.481 e. The lowest BCUT2D eigenvalue weighted by atomic mass is 10.1. The van der Waals surface area contributed by atoms with Crippen molar-refractivity contribution in [1.29, 1.82) is 0 Å². The van der Waals surface area contributed by atoms with Gasteiger partial charge in [0.2, 0.25) is 5.91 Å². The Labute approximate surface area is 168 Å². The fourth-order valence-corrected chi connectivity index (χ4v) is 2.52. The third-order valence-corrected chi connectivity index (χ3v) is 4.03. The van der Waals surface area contributed by atoms with Crippen molar-refractivity contribution in [2.75, 3.05) is 19.8 Å². The molecule has 0 atom stereocenters. The molecule has 8 heteroatoms. The number of aliphatic hydroxyl groups excluding tert-OH is 2. The number of amides is 1. The van der Waals surface area contributed by atoms with E-state index in [-0.39, 0.29) is 32.0 Å². The van der Waals surface area contributed by atoms with Gasteiger partial charge in [0.1, 0.15) is 0 Å². The van der Waals surface area contributed by atoms with Crippen LogP contribution in [0.5, 0.6) is 0 Å². The topological polar surface area (TPSA) is 144 Å². The number of aliphatic hydroxyl groups is 2. The van der Waals surface area contributed by atoms with E-state index in [0.717, 1.165) is 25.8 Å². The Morgan fingerprint density at radius 1 is 0.714 bits per heavy atom. The number of hydrogen-bond acceptors (Lipinski definition) is 5. The lowest BCUT2D eigenvalue weighted by Gasteiger charge is -2.03. The van der Waals surface area contributed by atoms with Gasteiger partial charge < -0.3 is 25.7 Å². The quantitative estimate of drug-likeness (QED) is 0.427. The summed E-state index contributed by atoms with van der Waals surface area (Å²) >= 11 is 0. The predicted octanol–water partition coefficient (Wildman–Crippen LogP) is 2.70. The number of carboxylic acids is 2. The third-order valence-electron chi connectivity index (χ3n) is 4.03. The van der Waals surface area contributed by atoms with Crippen molar-refractivity contribution in [3.63, 3.8) is 0 Å². The van der Waals surface area contributed by atoms with Crippen LogP contribution in [0.3, 0.4) is 0 Å². The summed E-state index contributed by atoms with van der Waals surface area (Å²) in [6.07, 6.45) is 13.3. The number of nitrogens with one attached hydrogen (secondary N) is 1. The van der Waals surface area contributed by atoms with E-state index in [2.05, 4.69) is 5.32 Å². The molecule has 1 fully saturated rings. The van der Waals surface area contributed by atoms with E-state index in [0.29, 0.717) is 12.8 Å². The summed E-state index contributed by atoms with van der Waals surface area (Å²) in [7, 11) is 0.